The van der Waals surface area contributed by atoms with Crippen LogP contribution < -0.4 is 0 Å². The highest BCUT2D eigenvalue weighted by atomic mass is 16.5. The quantitative estimate of drug-likeness (QED) is 0.642. The van der Waals surface area contributed by atoms with Crippen LogP contribution in [0.15, 0.2) is 0 Å². The molecule has 0 bridgehead atoms. The van der Waals surface area contributed by atoms with Crippen molar-refractivity contribution in [3.05, 3.63) is 0 Å². The maximum atomic E-state index is 11.6. The molecule has 1 heterocycles. The number of hydrogen-bond acceptors (Lipinski definition) is 2. The largest absolute Gasteiger partial charge is 0.378 e. The molecule has 0 spiro atoms. The second-order valence-electron chi connectivity index (χ2n) is 4.08. The van der Waals surface area contributed by atoms with E-state index in [9.17, 15) is 4.79 Å². The van der Waals surface area contributed by atoms with E-state index in [1.807, 2.05) is 6.92 Å². The van der Waals surface area contributed by atoms with Gasteiger partial charge in [0.1, 0.15) is 5.78 Å². The Bertz CT molecular complexity index is 184. The number of hydrogen-bond donors (Lipinski definition) is 0. The van der Waals surface area contributed by atoms with Crippen LogP contribution in [0.4, 0.5) is 0 Å². The predicted molar refractivity (Wildman–Crippen MR) is 45.9 cm³/mol. The first-order chi connectivity index (χ1) is 5.77. The molecular weight excluding hydrogens is 152 g/mol. The standard InChI is InChI=1S/C10H16O2/c1-7-9(4-5-12-7)10(11)6-8-2-3-8/h7-9H,2-6H2,1H3. The van der Waals surface area contributed by atoms with Gasteiger partial charge in [0.25, 0.3) is 0 Å². The van der Waals surface area contributed by atoms with Gasteiger partial charge < -0.3 is 4.74 Å². The van der Waals surface area contributed by atoms with Crippen molar-refractivity contribution in [2.75, 3.05) is 6.61 Å². The summed E-state index contributed by atoms with van der Waals surface area (Å²) in [6.07, 6.45) is 4.49. The van der Waals surface area contributed by atoms with Crippen molar-refractivity contribution < 1.29 is 9.53 Å². The number of Topliss-reactive ketones (excluding diaryl/α,β-unsaturated/α-hetero) is 1. The van der Waals surface area contributed by atoms with E-state index in [0.29, 0.717) is 5.78 Å². The molecule has 1 saturated heterocycles. The van der Waals surface area contributed by atoms with Crippen LogP contribution in [0.1, 0.15) is 32.6 Å². The maximum Gasteiger partial charge on any atom is 0.138 e. The lowest BCUT2D eigenvalue weighted by Gasteiger charge is -2.11. The lowest BCUT2D eigenvalue weighted by Crippen LogP contribution is -2.21. The molecule has 12 heavy (non-hydrogen) atoms. The van der Waals surface area contributed by atoms with Crippen LogP contribution in [0.5, 0.6) is 0 Å². The van der Waals surface area contributed by atoms with Crippen molar-refractivity contribution in [1.82, 2.24) is 0 Å². The van der Waals surface area contributed by atoms with Crippen LogP contribution in [-0.4, -0.2) is 18.5 Å². The minimum absolute atomic E-state index is 0.177. The Morgan fingerprint density at radius 3 is 2.67 bits per heavy atom. The molecule has 2 nitrogen and oxygen atoms in total. The van der Waals surface area contributed by atoms with Crippen molar-refractivity contribution in [2.45, 2.75) is 38.7 Å². The lowest BCUT2D eigenvalue weighted by molar-refractivity contribution is -0.124. The SMILES string of the molecule is CC1OCCC1C(=O)CC1CC1. The number of carbonyl (C=O) groups is 1. The normalized spacial score (nSPS) is 35.4. The zero-order chi connectivity index (χ0) is 8.55. The predicted octanol–water partition coefficient (Wildman–Crippen LogP) is 1.78. The van der Waals surface area contributed by atoms with Gasteiger partial charge in [0, 0.05) is 18.9 Å². The zero-order valence-electron chi connectivity index (χ0n) is 7.58. The summed E-state index contributed by atoms with van der Waals surface area (Å²) in [6, 6.07) is 0. The van der Waals surface area contributed by atoms with E-state index in [0.717, 1.165) is 25.4 Å². The molecule has 2 fully saturated rings. The van der Waals surface area contributed by atoms with E-state index in [4.69, 9.17) is 4.74 Å². The highest BCUT2D eigenvalue weighted by Crippen LogP contribution is 2.35. The molecule has 0 aromatic heterocycles. The number of carbonyl (C=O) groups excluding carboxylic acids is 1. The zero-order valence-corrected chi connectivity index (χ0v) is 7.58. The maximum absolute atomic E-state index is 11.6. The fourth-order valence-corrected chi connectivity index (χ4v) is 1.91. The molecule has 0 aromatic rings. The lowest BCUT2D eigenvalue weighted by atomic mass is 9.94. The minimum Gasteiger partial charge on any atom is -0.378 e. The van der Waals surface area contributed by atoms with Gasteiger partial charge in [0.05, 0.1) is 6.10 Å². The van der Waals surface area contributed by atoms with E-state index < -0.39 is 0 Å². The molecule has 0 amide bonds. The Morgan fingerprint density at radius 2 is 2.17 bits per heavy atom. The molecule has 1 aliphatic heterocycles. The molecule has 0 N–H and O–H groups in total. The Labute approximate surface area is 73.3 Å². The van der Waals surface area contributed by atoms with Crippen molar-refractivity contribution >= 4 is 5.78 Å². The summed E-state index contributed by atoms with van der Waals surface area (Å²) in [5.41, 5.74) is 0. The Balaban J connectivity index is 1.84. The van der Waals surface area contributed by atoms with Crippen LogP contribution in [0.3, 0.4) is 0 Å². The highest BCUT2D eigenvalue weighted by molar-refractivity contribution is 5.82. The summed E-state index contributed by atoms with van der Waals surface area (Å²) in [5, 5.41) is 0. The second-order valence-corrected chi connectivity index (χ2v) is 4.08. The summed E-state index contributed by atoms with van der Waals surface area (Å²) >= 11 is 0. The van der Waals surface area contributed by atoms with Gasteiger partial charge in [0.15, 0.2) is 0 Å². The Hall–Kier alpha value is -0.370. The van der Waals surface area contributed by atoms with Crippen LogP contribution in [0.25, 0.3) is 0 Å². The summed E-state index contributed by atoms with van der Waals surface area (Å²) in [6.45, 7) is 2.80. The van der Waals surface area contributed by atoms with Crippen molar-refractivity contribution in [2.24, 2.45) is 11.8 Å². The first-order valence-electron chi connectivity index (χ1n) is 4.91. The van der Waals surface area contributed by atoms with Gasteiger partial charge in [-0.15, -0.1) is 0 Å². The van der Waals surface area contributed by atoms with Crippen molar-refractivity contribution in [3.63, 3.8) is 0 Å². The molecule has 1 aliphatic carbocycles. The Morgan fingerprint density at radius 1 is 1.42 bits per heavy atom. The minimum atomic E-state index is 0.177. The molecule has 2 rings (SSSR count). The molecule has 2 unspecified atom stereocenters. The summed E-state index contributed by atoms with van der Waals surface area (Å²) in [5.74, 6) is 1.39. The van der Waals surface area contributed by atoms with Crippen LogP contribution in [0, 0.1) is 11.8 Å². The van der Waals surface area contributed by atoms with E-state index in [1.165, 1.54) is 12.8 Å². The fraction of sp³-hybridized carbons (Fsp3) is 0.900. The van der Waals surface area contributed by atoms with Gasteiger partial charge in [0.2, 0.25) is 0 Å². The third kappa shape index (κ3) is 1.69. The molecule has 1 saturated carbocycles. The van der Waals surface area contributed by atoms with E-state index in [1.54, 1.807) is 0 Å². The van der Waals surface area contributed by atoms with Gasteiger partial charge in [-0.25, -0.2) is 0 Å². The molecule has 0 aromatic carbocycles. The third-order valence-corrected chi connectivity index (χ3v) is 2.98. The summed E-state index contributed by atoms with van der Waals surface area (Å²) in [7, 11) is 0. The van der Waals surface area contributed by atoms with Gasteiger partial charge in [-0.05, 0) is 32.1 Å². The van der Waals surface area contributed by atoms with Crippen LogP contribution in [-0.2, 0) is 9.53 Å². The van der Waals surface area contributed by atoms with Gasteiger partial charge >= 0.3 is 0 Å². The number of ketones is 1. The summed E-state index contributed by atoms with van der Waals surface area (Å²) in [4.78, 5) is 11.6. The van der Waals surface area contributed by atoms with Crippen molar-refractivity contribution in [3.8, 4) is 0 Å². The van der Waals surface area contributed by atoms with Crippen LogP contribution >= 0.6 is 0 Å². The number of rotatable bonds is 3. The third-order valence-electron chi connectivity index (χ3n) is 2.98. The highest BCUT2D eigenvalue weighted by Gasteiger charge is 2.34. The summed E-state index contributed by atoms with van der Waals surface area (Å²) < 4.78 is 5.37. The molecular formula is C10H16O2. The molecule has 0 radical (unpaired) electrons. The van der Waals surface area contributed by atoms with Crippen LogP contribution in [0.2, 0.25) is 0 Å². The van der Waals surface area contributed by atoms with Crippen molar-refractivity contribution in [1.29, 1.82) is 0 Å². The van der Waals surface area contributed by atoms with Gasteiger partial charge in [-0.3, -0.25) is 4.79 Å². The fourth-order valence-electron chi connectivity index (χ4n) is 1.91. The molecule has 2 atom stereocenters. The van der Waals surface area contributed by atoms with E-state index in [-0.39, 0.29) is 12.0 Å². The molecule has 2 heteroatoms. The topological polar surface area (TPSA) is 26.3 Å². The molecule has 68 valence electrons. The first kappa shape index (κ1) is 8.24. The first-order valence-corrected chi connectivity index (χ1v) is 4.91. The smallest absolute Gasteiger partial charge is 0.138 e. The number of ether oxygens (including phenoxy) is 1. The molecule has 2 aliphatic rings. The monoisotopic (exact) mass is 168 g/mol. The van der Waals surface area contributed by atoms with E-state index in [2.05, 4.69) is 0 Å². The average Bonchev–Trinajstić information content (AvgIpc) is 2.72. The second kappa shape index (κ2) is 3.17. The Kier molecular flexibility index (Phi) is 2.18. The average molecular weight is 168 g/mol. The van der Waals surface area contributed by atoms with E-state index >= 15 is 0 Å². The van der Waals surface area contributed by atoms with Gasteiger partial charge in [-0.1, -0.05) is 0 Å². The van der Waals surface area contributed by atoms with Gasteiger partial charge in [-0.2, -0.15) is 0 Å².